The number of rotatable bonds is 5. The number of urea groups is 1. The van der Waals surface area contributed by atoms with Crippen molar-refractivity contribution >= 4 is 23.3 Å². The average Bonchev–Trinajstić information content (AvgIpc) is 3.00. The van der Waals surface area contributed by atoms with Gasteiger partial charge in [0, 0.05) is 18.0 Å². The van der Waals surface area contributed by atoms with Crippen molar-refractivity contribution < 1.29 is 14.3 Å². The van der Waals surface area contributed by atoms with Crippen LogP contribution in [0.5, 0.6) is 0 Å². The second-order valence-corrected chi connectivity index (χ2v) is 7.51. The molecule has 1 atom stereocenters. The molecule has 1 fully saturated rings. The molecule has 0 spiro atoms. The van der Waals surface area contributed by atoms with Crippen molar-refractivity contribution in [3.63, 3.8) is 0 Å². The van der Waals surface area contributed by atoms with Crippen LogP contribution in [0.4, 0.5) is 4.79 Å². The molecule has 1 aliphatic carbocycles. The minimum Gasteiger partial charge on any atom is -0.378 e. The van der Waals surface area contributed by atoms with Crippen molar-refractivity contribution in [1.82, 2.24) is 16.0 Å². The molecule has 7 heteroatoms. The zero-order chi connectivity index (χ0) is 17.6. The predicted molar refractivity (Wildman–Crippen MR) is 97.3 cm³/mol. The van der Waals surface area contributed by atoms with Crippen LogP contribution in [0.25, 0.3) is 0 Å². The van der Waals surface area contributed by atoms with E-state index in [1.54, 1.807) is 7.11 Å². The lowest BCUT2D eigenvalue weighted by Gasteiger charge is -2.30. The predicted octanol–water partition coefficient (Wildman–Crippen LogP) is 2.84. The second kappa shape index (κ2) is 8.49. The lowest BCUT2D eigenvalue weighted by Crippen LogP contribution is -2.49. The van der Waals surface area contributed by atoms with Crippen LogP contribution in [0.2, 0.25) is 0 Å². The lowest BCUT2D eigenvalue weighted by atomic mass is 9.99. The van der Waals surface area contributed by atoms with Gasteiger partial charge in [-0.2, -0.15) is 0 Å². The largest absolute Gasteiger partial charge is 0.378 e. The standard InChI is InChI=1S/C18H25N3O3S/c1-24-11-13-15(17(22)19-12-7-4-2-3-5-8-12)16(21-18(23)20-13)14-9-6-10-25-14/h6,9-10,12,16H,2-5,7-8,11H2,1H3,(H,19,22)(H2,20,21,23). The Balaban J connectivity index is 1.86. The lowest BCUT2D eigenvalue weighted by molar-refractivity contribution is -0.118. The zero-order valence-electron chi connectivity index (χ0n) is 14.5. The van der Waals surface area contributed by atoms with Crippen molar-refractivity contribution in [2.24, 2.45) is 0 Å². The van der Waals surface area contributed by atoms with Gasteiger partial charge < -0.3 is 20.7 Å². The minimum atomic E-state index is -0.440. The van der Waals surface area contributed by atoms with Crippen LogP contribution in [0.1, 0.15) is 49.4 Å². The van der Waals surface area contributed by atoms with Gasteiger partial charge in [0.25, 0.3) is 5.91 Å². The fourth-order valence-electron chi connectivity index (χ4n) is 3.50. The summed E-state index contributed by atoms with van der Waals surface area (Å²) < 4.78 is 5.21. The van der Waals surface area contributed by atoms with E-state index in [0.717, 1.165) is 30.6 Å². The van der Waals surface area contributed by atoms with Crippen molar-refractivity contribution in [3.05, 3.63) is 33.7 Å². The number of amides is 3. The molecule has 2 heterocycles. The van der Waals surface area contributed by atoms with Crippen molar-refractivity contribution in [3.8, 4) is 0 Å². The van der Waals surface area contributed by atoms with Crippen molar-refractivity contribution in [1.29, 1.82) is 0 Å². The summed E-state index contributed by atoms with van der Waals surface area (Å²) in [6.07, 6.45) is 6.81. The maximum atomic E-state index is 13.1. The third-order valence-electron chi connectivity index (χ3n) is 4.71. The smallest absolute Gasteiger partial charge is 0.319 e. The Labute approximate surface area is 152 Å². The Kier molecular flexibility index (Phi) is 6.09. The van der Waals surface area contributed by atoms with Gasteiger partial charge in [-0.3, -0.25) is 4.79 Å². The van der Waals surface area contributed by atoms with Gasteiger partial charge in [-0.15, -0.1) is 11.3 Å². The van der Waals surface area contributed by atoms with Crippen molar-refractivity contribution in [2.45, 2.75) is 50.6 Å². The SMILES string of the molecule is COCC1=C(C(=O)NC2CCCCCC2)C(c2cccs2)NC(=O)N1. The zero-order valence-corrected chi connectivity index (χ0v) is 15.3. The highest BCUT2D eigenvalue weighted by atomic mass is 32.1. The molecule has 25 heavy (non-hydrogen) atoms. The van der Waals surface area contributed by atoms with E-state index in [9.17, 15) is 9.59 Å². The first-order valence-corrected chi connectivity index (χ1v) is 9.70. The number of nitrogens with one attached hydrogen (secondary N) is 3. The highest BCUT2D eigenvalue weighted by molar-refractivity contribution is 7.10. The molecule has 1 saturated carbocycles. The molecule has 1 unspecified atom stereocenters. The molecule has 1 aromatic heterocycles. The molecule has 0 aromatic carbocycles. The van der Waals surface area contributed by atoms with Crippen LogP contribution in [0.15, 0.2) is 28.8 Å². The van der Waals surface area contributed by atoms with Gasteiger partial charge in [-0.05, 0) is 24.3 Å². The van der Waals surface area contributed by atoms with E-state index in [2.05, 4.69) is 16.0 Å². The topological polar surface area (TPSA) is 79.5 Å². The number of hydrogen-bond acceptors (Lipinski definition) is 4. The summed E-state index contributed by atoms with van der Waals surface area (Å²) in [5.41, 5.74) is 1.09. The van der Waals surface area contributed by atoms with Crippen LogP contribution in [-0.2, 0) is 9.53 Å². The summed E-state index contributed by atoms with van der Waals surface area (Å²) in [4.78, 5) is 26.0. The molecule has 136 valence electrons. The first kappa shape index (κ1) is 17.9. The van der Waals surface area contributed by atoms with Gasteiger partial charge in [-0.25, -0.2) is 4.79 Å². The van der Waals surface area contributed by atoms with Crippen LogP contribution < -0.4 is 16.0 Å². The monoisotopic (exact) mass is 363 g/mol. The average molecular weight is 363 g/mol. The summed E-state index contributed by atoms with van der Waals surface area (Å²) in [5.74, 6) is -0.121. The molecule has 0 saturated heterocycles. The molecular formula is C18H25N3O3S. The Bertz CT molecular complexity index is 634. The Morgan fingerprint density at radius 1 is 1.32 bits per heavy atom. The maximum Gasteiger partial charge on any atom is 0.319 e. The van der Waals surface area contributed by atoms with E-state index in [1.165, 1.54) is 24.2 Å². The molecule has 0 bridgehead atoms. The molecule has 3 amide bonds. The number of carbonyl (C=O) groups excluding carboxylic acids is 2. The van der Waals surface area contributed by atoms with Gasteiger partial charge >= 0.3 is 6.03 Å². The molecule has 3 rings (SSSR count). The summed E-state index contributed by atoms with van der Waals surface area (Å²) in [7, 11) is 1.56. The van der Waals surface area contributed by atoms with Gasteiger partial charge in [0.15, 0.2) is 0 Å². The van der Waals surface area contributed by atoms with E-state index in [0.29, 0.717) is 11.3 Å². The number of carbonyl (C=O) groups is 2. The number of thiophene rings is 1. The molecule has 3 N–H and O–H groups in total. The van der Waals surface area contributed by atoms with E-state index < -0.39 is 6.04 Å². The summed E-state index contributed by atoms with van der Waals surface area (Å²) in [6.45, 7) is 0.197. The number of ether oxygens (including phenoxy) is 1. The van der Waals surface area contributed by atoms with E-state index in [4.69, 9.17) is 4.74 Å². The second-order valence-electron chi connectivity index (χ2n) is 6.53. The van der Waals surface area contributed by atoms with E-state index >= 15 is 0 Å². The third kappa shape index (κ3) is 4.41. The normalized spacial score (nSPS) is 22.1. The van der Waals surface area contributed by atoms with E-state index in [1.807, 2.05) is 17.5 Å². The highest BCUT2D eigenvalue weighted by Crippen LogP contribution is 2.30. The van der Waals surface area contributed by atoms with Gasteiger partial charge in [0.2, 0.25) is 0 Å². The van der Waals surface area contributed by atoms with Gasteiger partial charge in [0.05, 0.1) is 23.9 Å². The summed E-state index contributed by atoms with van der Waals surface area (Å²) in [6, 6.07) is 3.31. The highest BCUT2D eigenvalue weighted by Gasteiger charge is 2.34. The fraction of sp³-hybridized carbons (Fsp3) is 0.556. The van der Waals surface area contributed by atoms with Crippen LogP contribution in [0.3, 0.4) is 0 Å². The van der Waals surface area contributed by atoms with Gasteiger partial charge in [-0.1, -0.05) is 31.7 Å². The number of methoxy groups -OCH3 is 1. The Hall–Kier alpha value is -1.86. The van der Waals surface area contributed by atoms with E-state index in [-0.39, 0.29) is 24.6 Å². The van der Waals surface area contributed by atoms with Crippen LogP contribution >= 0.6 is 11.3 Å². The first-order chi connectivity index (χ1) is 12.2. The van der Waals surface area contributed by atoms with Crippen LogP contribution in [0, 0.1) is 0 Å². The van der Waals surface area contributed by atoms with Crippen molar-refractivity contribution in [2.75, 3.05) is 13.7 Å². The molecule has 2 aliphatic rings. The Morgan fingerprint density at radius 3 is 2.72 bits per heavy atom. The summed E-state index contributed by atoms with van der Waals surface area (Å²) >= 11 is 1.52. The van der Waals surface area contributed by atoms with Crippen LogP contribution in [-0.4, -0.2) is 31.7 Å². The third-order valence-corrected chi connectivity index (χ3v) is 5.64. The molecular weight excluding hydrogens is 338 g/mol. The van der Waals surface area contributed by atoms with Gasteiger partial charge in [0.1, 0.15) is 0 Å². The number of hydrogen-bond donors (Lipinski definition) is 3. The fourth-order valence-corrected chi connectivity index (χ4v) is 4.28. The Morgan fingerprint density at radius 2 is 2.08 bits per heavy atom. The molecule has 1 aromatic rings. The summed E-state index contributed by atoms with van der Waals surface area (Å²) in [5, 5.41) is 10.7. The minimum absolute atomic E-state index is 0.121. The first-order valence-electron chi connectivity index (χ1n) is 8.83. The molecule has 1 aliphatic heterocycles. The molecule has 0 radical (unpaired) electrons. The molecule has 6 nitrogen and oxygen atoms in total. The quantitative estimate of drug-likeness (QED) is 0.704. The maximum absolute atomic E-state index is 13.1.